The van der Waals surface area contributed by atoms with E-state index in [1.54, 1.807) is 0 Å². The van der Waals surface area contributed by atoms with Crippen LogP contribution in [0, 0.1) is 0 Å². The van der Waals surface area contributed by atoms with Gasteiger partial charge < -0.3 is 5.32 Å². The third kappa shape index (κ3) is 4.97. The molecule has 0 aliphatic heterocycles. The average molecular weight is 286 g/mol. The van der Waals surface area contributed by atoms with Crippen LogP contribution in [0.2, 0.25) is 0 Å². The lowest BCUT2D eigenvalue weighted by atomic mass is 10.0. The van der Waals surface area contributed by atoms with E-state index in [2.05, 4.69) is 47.6 Å². The lowest BCUT2D eigenvalue weighted by Crippen LogP contribution is -2.22. The number of hydrogen-bond acceptors (Lipinski definition) is 3. The van der Waals surface area contributed by atoms with Crippen molar-refractivity contribution in [2.24, 2.45) is 0 Å². The second kappa shape index (κ2) is 8.57. The zero-order valence-electron chi connectivity index (χ0n) is 13.1. The fourth-order valence-corrected chi connectivity index (χ4v) is 2.45. The van der Waals surface area contributed by atoms with Gasteiger partial charge in [-0.05, 0) is 44.4 Å². The van der Waals surface area contributed by atoms with E-state index < -0.39 is 0 Å². The van der Waals surface area contributed by atoms with Crippen molar-refractivity contribution in [3.05, 3.63) is 48.0 Å². The molecule has 21 heavy (non-hydrogen) atoms. The molecule has 0 aromatic carbocycles. The van der Waals surface area contributed by atoms with Crippen LogP contribution in [0.25, 0.3) is 0 Å². The lowest BCUT2D eigenvalue weighted by Gasteiger charge is -2.16. The van der Waals surface area contributed by atoms with Crippen molar-refractivity contribution in [1.82, 2.24) is 20.1 Å². The van der Waals surface area contributed by atoms with Gasteiger partial charge in [-0.15, -0.1) is 0 Å². The summed E-state index contributed by atoms with van der Waals surface area (Å²) in [6.45, 7) is 6.39. The van der Waals surface area contributed by atoms with E-state index in [-0.39, 0.29) is 0 Å². The Morgan fingerprint density at radius 3 is 2.86 bits per heavy atom. The summed E-state index contributed by atoms with van der Waals surface area (Å²) >= 11 is 0. The van der Waals surface area contributed by atoms with Crippen LogP contribution in [0.4, 0.5) is 0 Å². The fourth-order valence-electron chi connectivity index (χ4n) is 2.45. The Balaban J connectivity index is 1.99. The first kappa shape index (κ1) is 15.7. The van der Waals surface area contributed by atoms with Gasteiger partial charge in [-0.2, -0.15) is 5.10 Å². The molecule has 0 aliphatic rings. The van der Waals surface area contributed by atoms with E-state index in [9.17, 15) is 0 Å². The summed E-state index contributed by atoms with van der Waals surface area (Å²) in [4.78, 5) is 4.41. The van der Waals surface area contributed by atoms with Gasteiger partial charge in [0.25, 0.3) is 0 Å². The molecule has 0 spiro atoms. The van der Waals surface area contributed by atoms with E-state index >= 15 is 0 Å². The molecule has 0 bridgehead atoms. The smallest absolute Gasteiger partial charge is 0.0537 e. The summed E-state index contributed by atoms with van der Waals surface area (Å²) < 4.78 is 2.04. The van der Waals surface area contributed by atoms with Crippen LogP contribution < -0.4 is 5.32 Å². The molecule has 4 nitrogen and oxygen atoms in total. The molecule has 2 aromatic rings. The van der Waals surface area contributed by atoms with Crippen LogP contribution in [-0.2, 0) is 13.0 Å². The molecule has 2 aromatic heterocycles. The SMILES string of the molecule is CCCNC(CCc1ccccn1)c1cnn(CCC)c1. The highest BCUT2D eigenvalue weighted by atomic mass is 15.3. The summed E-state index contributed by atoms with van der Waals surface area (Å²) in [5.74, 6) is 0. The largest absolute Gasteiger partial charge is 0.310 e. The van der Waals surface area contributed by atoms with Crippen molar-refractivity contribution in [1.29, 1.82) is 0 Å². The number of hydrogen-bond donors (Lipinski definition) is 1. The van der Waals surface area contributed by atoms with Crippen molar-refractivity contribution >= 4 is 0 Å². The summed E-state index contributed by atoms with van der Waals surface area (Å²) in [7, 11) is 0. The minimum Gasteiger partial charge on any atom is -0.310 e. The van der Waals surface area contributed by atoms with Gasteiger partial charge in [0.2, 0.25) is 0 Å². The second-order valence-corrected chi connectivity index (χ2v) is 5.40. The molecule has 1 atom stereocenters. The van der Waals surface area contributed by atoms with E-state index in [0.29, 0.717) is 6.04 Å². The maximum Gasteiger partial charge on any atom is 0.0537 e. The van der Waals surface area contributed by atoms with Gasteiger partial charge >= 0.3 is 0 Å². The lowest BCUT2D eigenvalue weighted by molar-refractivity contribution is 0.496. The summed E-state index contributed by atoms with van der Waals surface area (Å²) in [6.07, 6.45) is 10.3. The van der Waals surface area contributed by atoms with Crippen LogP contribution in [0.15, 0.2) is 36.8 Å². The minimum atomic E-state index is 0.359. The van der Waals surface area contributed by atoms with Gasteiger partial charge in [0.15, 0.2) is 0 Å². The topological polar surface area (TPSA) is 42.7 Å². The van der Waals surface area contributed by atoms with Crippen molar-refractivity contribution in [3.8, 4) is 0 Å². The first-order valence-corrected chi connectivity index (χ1v) is 7.99. The molecule has 2 rings (SSSR count). The molecule has 114 valence electrons. The number of aryl methyl sites for hydroxylation is 2. The van der Waals surface area contributed by atoms with Crippen molar-refractivity contribution in [2.75, 3.05) is 6.54 Å². The van der Waals surface area contributed by atoms with Gasteiger partial charge in [0, 0.05) is 36.2 Å². The molecule has 1 unspecified atom stereocenters. The molecule has 1 N–H and O–H groups in total. The number of rotatable bonds is 9. The molecular weight excluding hydrogens is 260 g/mol. The van der Waals surface area contributed by atoms with Crippen LogP contribution in [0.1, 0.15) is 50.4 Å². The highest BCUT2D eigenvalue weighted by Gasteiger charge is 2.13. The van der Waals surface area contributed by atoms with E-state index in [0.717, 1.165) is 44.5 Å². The monoisotopic (exact) mass is 286 g/mol. The third-order valence-electron chi connectivity index (χ3n) is 3.56. The Labute approximate surface area is 127 Å². The average Bonchev–Trinajstić information content (AvgIpc) is 2.97. The Morgan fingerprint density at radius 2 is 2.14 bits per heavy atom. The zero-order valence-corrected chi connectivity index (χ0v) is 13.1. The fraction of sp³-hybridized carbons (Fsp3) is 0.529. The first-order valence-electron chi connectivity index (χ1n) is 7.99. The van der Waals surface area contributed by atoms with E-state index in [1.165, 1.54) is 5.56 Å². The molecular formula is C17H26N4. The molecule has 0 fully saturated rings. The Bertz CT molecular complexity index is 507. The highest BCUT2D eigenvalue weighted by Crippen LogP contribution is 2.18. The molecule has 0 radical (unpaired) electrons. The summed E-state index contributed by atoms with van der Waals surface area (Å²) in [6, 6.07) is 6.47. The summed E-state index contributed by atoms with van der Waals surface area (Å²) in [5.41, 5.74) is 2.44. The number of nitrogens with one attached hydrogen (secondary N) is 1. The number of pyridine rings is 1. The predicted octanol–water partition coefficient (Wildman–Crippen LogP) is 3.36. The predicted molar refractivity (Wildman–Crippen MR) is 86.1 cm³/mol. The Morgan fingerprint density at radius 1 is 1.24 bits per heavy atom. The van der Waals surface area contributed by atoms with E-state index in [1.807, 2.05) is 23.1 Å². The Hall–Kier alpha value is -1.68. The van der Waals surface area contributed by atoms with Crippen molar-refractivity contribution in [3.63, 3.8) is 0 Å². The van der Waals surface area contributed by atoms with Crippen molar-refractivity contribution in [2.45, 2.75) is 52.1 Å². The molecule has 0 amide bonds. The first-order chi connectivity index (χ1) is 10.3. The minimum absolute atomic E-state index is 0.359. The van der Waals surface area contributed by atoms with Crippen LogP contribution in [0.5, 0.6) is 0 Å². The maximum atomic E-state index is 4.45. The molecule has 2 heterocycles. The van der Waals surface area contributed by atoms with Crippen LogP contribution >= 0.6 is 0 Å². The van der Waals surface area contributed by atoms with Gasteiger partial charge in [0.1, 0.15) is 0 Å². The van der Waals surface area contributed by atoms with Crippen LogP contribution in [0.3, 0.4) is 0 Å². The Kier molecular flexibility index (Phi) is 6.41. The maximum absolute atomic E-state index is 4.45. The number of nitrogens with zero attached hydrogens (tertiary/aromatic N) is 3. The van der Waals surface area contributed by atoms with Crippen LogP contribution in [-0.4, -0.2) is 21.3 Å². The van der Waals surface area contributed by atoms with E-state index in [4.69, 9.17) is 0 Å². The second-order valence-electron chi connectivity index (χ2n) is 5.40. The molecule has 0 saturated carbocycles. The van der Waals surface area contributed by atoms with Gasteiger partial charge in [0.05, 0.1) is 6.20 Å². The van der Waals surface area contributed by atoms with Crippen molar-refractivity contribution < 1.29 is 0 Å². The van der Waals surface area contributed by atoms with Gasteiger partial charge in [-0.25, -0.2) is 0 Å². The third-order valence-corrected chi connectivity index (χ3v) is 3.56. The zero-order chi connectivity index (χ0) is 14.9. The number of aromatic nitrogens is 3. The van der Waals surface area contributed by atoms with Gasteiger partial charge in [-0.1, -0.05) is 19.9 Å². The van der Waals surface area contributed by atoms with Gasteiger partial charge in [-0.3, -0.25) is 9.67 Å². The standard InChI is InChI=1S/C17H26N4/c1-3-10-19-17(9-8-16-7-5-6-11-18-16)15-13-20-21(14-15)12-4-2/h5-7,11,13-14,17,19H,3-4,8-10,12H2,1-2H3. The molecule has 0 aliphatic carbocycles. The molecule has 4 heteroatoms. The quantitative estimate of drug-likeness (QED) is 0.768. The summed E-state index contributed by atoms with van der Waals surface area (Å²) in [5, 5.41) is 8.08. The molecule has 0 saturated heterocycles. The normalized spacial score (nSPS) is 12.5. The highest BCUT2D eigenvalue weighted by molar-refractivity contribution is 5.12.